The molecule has 0 atom stereocenters. The van der Waals surface area contributed by atoms with Gasteiger partial charge in [0.1, 0.15) is 0 Å². The Bertz CT molecular complexity index is 4370. The van der Waals surface area contributed by atoms with Gasteiger partial charge in [-0.25, -0.2) is 0 Å². The van der Waals surface area contributed by atoms with Crippen LogP contribution in [0.1, 0.15) is 35.6 Å². The molecule has 0 radical (unpaired) electrons. The van der Waals surface area contributed by atoms with Gasteiger partial charge >= 0.3 is 0 Å². The van der Waals surface area contributed by atoms with Gasteiger partial charge in [0, 0.05) is 27.8 Å². The lowest BCUT2D eigenvalue weighted by Gasteiger charge is -2.28. The van der Waals surface area contributed by atoms with E-state index in [1.54, 1.807) is 0 Å². The standard InChI is InChI=1S/C52H36N2/c1-5-17-37(18-6-1)40-35-49-48-27-15-16-28-50(48)54(42-23-11-4-12-24-42)52(49)51(36-40)53(41-21-9-3-10-22-41)43-31-29-39(30-32-43)45-34-33-44(38-19-7-2-8-20-38)46-25-13-14-26-47(45)46/h1-36H/i1D,2D,3D,4D,5D,6D,7D,8D,9D,10D,11D,13D,14D,15D,16D,17D,18D,19D,20D,21D,22D,23D,27D,31D,33D,35D. The Kier molecular flexibility index (Phi) is 3.65. The number of aromatic nitrogens is 1. The van der Waals surface area contributed by atoms with Gasteiger partial charge in [-0.15, -0.1) is 0 Å². The van der Waals surface area contributed by atoms with Crippen LogP contribution in [-0.4, -0.2) is 4.57 Å². The average Bonchev–Trinajstić information content (AvgIpc) is 3.81. The van der Waals surface area contributed by atoms with E-state index in [9.17, 15) is 9.60 Å². The van der Waals surface area contributed by atoms with Crippen molar-refractivity contribution in [2.24, 2.45) is 0 Å². The number of nitrogens with zero attached hydrogens (tertiary/aromatic N) is 2. The maximum Gasteiger partial charge on any atom is 0.0782 e. The molecule has 10 rings (SSSR count). The fourth-order valence-corrected chi connectivity index (χ4v) is 6.55. The van der Waals surface area contributed by atoms with Gasteiger partial charge in [-0.3, -0.25) is 0 Å². The summed E-state index contributed by atoms with van der Waals surface area (Å²) in [4.78, 5) is 1.00. The third-order valence-corrected chi connectivity index (χ3v) is 8.83. The average molecular weight is 715 g/mol. The summed E-state index contributed by atoms with van der Waals surface area (Å²) in [7, 11) is 0. The second-order valence-electron chi connectivity index (χ2n) is 11.8. The molecule has 0 saturated heterocycles. The lowest BCUT2D eigenvalue weighted by Crippen LogP contribution is -2.12. The van der Waals surface area contributed by atoms with Crippen LogP contribution in [-0.2, 0) is 0 Å². The van der Waals surface area contributed by atoms with Gasteiger partial charge < -0.3 is 9.47 Å². The van der Waals surface area contributed by atoms with Crippen molar-refractivity contribution in [3.05, 3.63) is 218 Å². The molecular formula is C52H36N2. The molecule has 0 bridgehead atoms. The molecule has 0 aliphatic heterocycles. The zero-order valence-electron chi connectivity index (χ0n) is 53.7. The van der Waals surface area contributed by atoms with Crippen molar-refractivity contribution in [1.29, 1.82) is 0 Å². The summed E-state index contributed by atoms with van der Waals surface area (Å²) in [5, 5.41) is -0.475. The molecule has 2 nitrogen and oxygen atoms in total. The van der Waals surface area contributed by atoms with Crippen LogP contribution in [0, 0.1) is 0 Å². The van der Waals surface area contributed by atoms with Gasteiger partial charge in [-0.05, 0) is 98.6 Å². The fraction of sp³-hybridized carbons (Fsp3) is 0. The highest BCUT2D eigenvalue weighted by molar-refractivity contribution is 6.16. The van der Waals surface area contributed by atoms with Crippen molar-refractivity contribution in [1.82, 2.24) is 4.57 Å². The number of hydrogen-bond donors (Lipinski definition) is 0. The first-order valence-corrected chi connectivity index (χ1v) is 16.4. The molecule has 0 amide bonds. The van der Waals surface area contributed by atoms with Crippen molar-refractivity contribution in [2.45, 2.75) is 0 Å². The Morgan fingerprint density at radius 1 is 0.407 bits per heavy atom. The molecule has 9 aromatic carbocycles. The molecule has 0 spiro atoms. The zero-order valence-corrected chi connectivity index (χ0v) is 27.7. The summed E-state index contributed by atoms with van der Waals surface area (Å²) in [6.07, 6.45) is 0. The second kappa shape index (κ2) is 13.4. The van der Waals surface area contributed by atoms with Crippen molar-refractivity contribution in [2.75, 3.05) is 4.90 Å². The molecule has 0 N–H and O–H groups in total. The maximum absolute atomic E-state index is 9.94. The van der Waals surface area contributed by atoms with E-state index in [4.69, 9.17) is 26.0 Å². The number of para-hydroxylation sites is 3. The predicted molar refractivity (Wildman–Crippen MR) is 229 cm³/mol. The Morgan fingerprint density at radius 2 is 1.09 bits per heavy atom. The number of fused-ring (bicyclic) bond motifs is 4. The largest absolute Gasteiger partial charge is 0.308 e. The van der Waals surface area contributed by atoms with E-state index in [0.29, 0.717) is 0 Å². The number of anilines is 3. The van der Waals surface area contributed by atoms with Crippen LogP contribution in [0.5, 0.6) is 0 Å². The van der Waals surface area contributed by atoms with Crippen LogP contribution >= 0.6 is 0 Å². The van der Waals surface area contributed by atoms with Gasteiger partial charge in [-0.2, -0.15) is 0 Å². The first-order chi connectivity index (χ1) is 37.5. The molecule has 0 fully saturated rings. The number of hydrogen-bond acceptors (Lipinski definition) is 1. The molecule has 0 unspecified atom stereocenters. The van der Waals surface area contributed by atoms with E-state index >= 15 is 0 Å². The van der Waals surface area contributed by atoms with Crippen molar-refractivity contribution in [3.63, 3.8) is 0 Å². The van der Waals surface area contributed by atoms with Crippen molar-refractivity contribution >= 4 is 49.6 Å². The summed E-state index contributed by atoms with van der Waals surface area (Å²) >= 11 is 0. The second-order valence-corrected chi connectivity index (χ2v) is 11.8. The van der Waals surface area contributed by atoms with Crippen LogP contribution in [0.25, 0.3) is 71.6 Å². The van der Waals surface area contributed by atoms with Crippen LogP contribution in [0.4, 0.5) is 17.1 Å². The molecule has 54 heavy (non-hydrogen) atoms. The minimum absolute atomic E-state index is 0.0257. The smallest absolute Gasteiger partial charge is 0.0782 e. The van der Waals surface area contributed by atoms with Crippen molar-refractivity contribution < 1.29 is 35.6 Å². The van der Waals surface area contributed by atoms with E-state index in [2.05, 4.69) is 0 Å². The van der Waals surface area contributed by atoms with E-state index in [0.717, 1.165) is 17.0 Å². The number of benzene rings is 9. The molecule has 1 aromatic heterocycles. The molecule has 2 heteroatoms. The van der Waals surface area contributed by atoms with Gasteiger partial charge in [0.25, 0.3) is 0 Å². The van der Waals surface area contributed by atoms with E-state index in [1.165, 1.54) is 53.1 Å². The summed E-state index contributed by atoms with van der Waals surface area (Å²) < 4.78 is 232. The van der Waals surface area contributed by atoms with E-state index < -0.39 is 168 Å². The van der Waals surface area contributed by atoms with E-state index in [-0.39, 0.29) is 78.3 Å². The highest BCUT2D eigenvalue weighted by Gasteiger charge is 2.23. The Morgan fingerprint density at radius 3 is 1.87 bits per heavy atom. The fourth-order valence-electron chi connectivity index (χ4n) is 6.55. The molecule has 254 valence electrons. The summed E-state index contributed by atoms with van der Waals surface area (Å²) in [5.41, 5.74) is -3.42. The topological polar surface area (TPSA) is 8.17 Å². The number of rotatable bonds is 7. The van der Waals surface area contributed by atoms with Crippen molar-refractivity contribution in [3.8, 4) is 39.1 Å². The molecule has 0 aliphatic rings. The van der Waals surface area contributed by atoms with Gasteiger partial charge in [0.2, 0.25) is 0 Å². The predicted octanol–water partition coefficient (Wildman–Crippen LogP) is 14.4. The first-order valence-electron chi connectivity index (χ1n) is 29.4. The third kappa shape index (κ3) is 5.44. The van der Waals surface area contributed by atoms with E-state index in [1.807, 2.05) is 0 Å². The monoisotopic (exact) mass is 714 g/mol. The van der Waals surface area contributed by atoms with Crippen LogP contribution in [0.15, 0.2) is 218 Å². The maximum atomic E-state index is 9.94. The lowest BCUT2D eigenvalue weighted by atomic mass is 9.92. The van der Waals surface area contributed by atoms with Crippen LogP contribution in [0.3, 0.4) is 0 Å². The quantitative estimate of drug-likeness (QED) is 0.160. The molecule has 0 saturated carbocycles. The Labute approximate surface area is 352 Å². The summed E-state index contributed by atoms with van der Waals surface area (Å²) in [5.74, 6) is 0. The van der Waals surface area contributed by atoms with Crippen LogP contribution < -0.4 is 4.90 Å². The lowest BCUT2D eigenvalue weighted by molar-refractivity contribution is 1.17. The highest BCUT2D eigenvalue weighted by atomic mass is 15.2. The minimum atomic E-state index is -0.882. The first kappa shape index (κ1) is 14.7. The Balaban J connectivity index is 1.39. The van der Waals surface area contributed by atoms with Crippen LogP contribution in [0.2, 0.25) is 0 Å². The SMILES string of the molecule is [2H]c1cc2c(-c3ccc(N(c4c([2H])c([2H])c([2H])c([2H])c4[2H])c4cc(-c5c([2H])c([2H])c([2H])c([2H])c5[2H])c([2H])c5c6c([2H])c([2H])c([2H])cc6n(-c6ccc([2H])c([2H])c6[2H])c45)c([2H])c3)cc([2H])c(-c3c([2H])c([2H])c([2H])c([2H])c3[2H])c2cc1[2H]. The molecule has 0 aliphatic carbocycles. The van der Waals surface area contributed by atoms with Gasteiger partial charge in [-0.1, -0.05) is 163 Å². The van der Waals surface area contributed by atoms with Gasteiger partial charge in [0.15, 0.2) is 0 Å². The highest BCUT2D eigenvalue weighted by Crippen LogP contribution is 2.46. The van der Waals surface area contributed by atoms with Gasteiger partial charge in [0.05, 0.1) is 52.4 Å². The normalized spacial score (nSPS) is 18.1. The summed E-state index contributed by atoms with van der Waals surface area (Å²) in [6, 6.07) is -5.26. The Hall–Kier alpha value is -7.16. The minimum Gasteiger partial charge on any atom is -0.308 e. The zero-order chi connectivity index (χ0) is 58.5. The third-order valence-electron chi connectivity index (χ3n) is 8.83. The molecule has 10 aromatic rings. The molecular weight excluding hydrogens is 653 g/mol. The molecule has 1 heterocycles. The summed E-state index contributed by atoms with van der Waals surface area (Å²) in [6.45, 7) is 0.